The third kappa shape index (κ3) is 3.92. The number of aryl methyl sites for hydroxylation is 1. The van der Waals surface area contributed by atoms with Crippen LogP contribution in [0.5, 0.6) is 0 Å². The third-order valence-corrected chi connectivity index (χ3v) is 3.14. The van der Waals surface area contributed by atoms with E-state index in [1.807, 2.05) is 12.1 Å². The second-order valence-electron chi connectivity index (χ2n) is 4.78. The van der Waals surface area contributed by atoms with Crippen LogP contribution in [0.4, 0.5) is 23.0 Å². The molecule has 0 amide bonds. The first-order chi connectivity index (χ1) is 10.1. The zero-order valence-electron chi connectivity index (χ0n) is 11.9. The number of hydrogen-bond donors (Lipinski definition) is 2. The Kier molecular flexibility index (Phi) is 4.71. The molecular weight excluding hydrogens is 268 g/mol. The number of hydrogen-bond acceptors (Lipinski definition) is 5. The first kappa shape index (κ1) is 14.8. The molecular formula is C15H18N4O2. The van der Waals surface area contributed by atoms with Crippen LogP contribution in [0, 0.1) is 10.1 Å². The number of nitro groups is 1. The summed E-state index contributed by atoms with van der Waals surface area (Å²) in [7, 11) is 0. The Bertz CT molecular complexity index is 626. The molecule has 2 aromatic rings. The fraction of sp³-hybridized carbons (Fsp3) is 0.267. The Hall–Kier alpha value is -2.63. The Labute approximate surface area is 123 Å². The van der Waals surface area contributed by atoms with Gasteiger partial charge in [-0.2, -0.15) is 0 Å². The van der Waals surface area contributed by atoms with Gasteiger partial charge in [0, 0.05) is 11.8 Å². The van der Waals surface area contributed by atoms with Gasteiger partial charge in [-0.15, -0.1) is 0 Å². The maximum absolute atomic E-state index is 10.7. The zero-order chi connectivity index (χ0) is 15.2. The van der Waals surface area contributed by atoms with Crippen LogP contribution >= 0.6 is 0 Å². The Morgan fingerprint density at radius 2 is 1.95 bits per heavy atom. The van der Waals surface area contributed by atoms with Gasteiger partial charge in [-0.1, -0.05) is 25.5 Å². The van der Waals surface area contributed by atoms with Crippen molar-refractivity contribution in [1.82, 2.24) is 4.98 Å². The van der Waals surface area contributed by atoms with Crippen molar-refractivity contribution in [3.8, 4) is 0 Å². The van der Waals surface area contributed by atoms with Crippen LogP contribution in [0.1, 0.15) is 25.3 Å². The number of nitrogens with zero attached hydrogens (tertiary/aromatic N) is 2. The molecule has 21 heavy (non-hydrogen) atoms. The van der Waals surface area contributed by atoms with Gasteiger partial charge >= 0.3 is 5.69 Å². The molecule has 0 atom stereocenters. The topological polar surface area (TPSA) is 94.1 Å². The van der Waals surface area contributed by atoms with E-state index in [-0.39, 0.29) is 11.5 Å². The monoisotopic (exact) mass is 286 g/mol. The van der Waals surface area contributed by atoms with Crippen LogP contribution in [0.2, 0.25) is 0 Å². The molecule has 2 rings (SSSR count). The first-order valence-corrected chi connectivity index (χ1v) is 6.87. The predicted molar refractivity (Wildman–Crippen MR) is 83.6 cm³/mol. The number of anilines is 3. The zero-order valence-corrected chi connectivity index (χ0v) is 11.9. The smallest absolute Gasteiger partial charge is 0.311 e. The lowest BCUT2D eigenvalue weighted by molar-refractivity contribution is -0.384. The molecule has 1 heterocycles. The molecule has 0 aliphatic carbocycles. The largest absolute Gasteiger partial charge is 0.378 e. The minimum absolute atomic E-state index is 0.0930. The third-order valence-electron chi connectivity index (χ3n) is 3.14. The van der Waals surface area contributed by atoms with Crippen molar-refractivity contribution >= 4 is 23.0 Å². The maximum Gasteiger partial charge on any atom is 0.311 e. The number of nitrogen functional groups attached to an aromatic ring is 1. The summed E-state index contributed by atoms with van der Waals surface area (Å²) in [4.78, 5) is 14.1. The number of nitrogens with two attached hydrogens (primary N) is 1. The molecule has 0 radical (unpaired) electrons. The first-order valence-electron chi connectivity index (χ1n) is 6.87. The highest BCUT2D eigenvalue weighted by molar-refractivity contribution is 5.62. The van der Waals surface area contributed by atoms with Crippen LogP contribution in [0.3, 0.4) is 0 Å². The van der Waals surface area contributed by atoms with E-state index in [1.165, 1.54) is 24.5 Å². The predicted octanol–water partition coefficient (Wildman–Crippen LogP) is 3.66. The van der Waals surface area contributed by atoms with Gasteiger partial charge in [0.2, 0.25) is 5.82 Å². The van der Waals surface area contributed by atoms with E-state index in [1.54, 1.807) is 6.07 Å². The second kappa shape index (κ2) is 6.69. The van der Waals surface area contributed by atoms with Crippen molar-refractivity contribution in [2.75, 3.05) is 11.1 Å². The van der Waals surface area contributed by atoms with E-state index in [9.17, 15) is 10.1 Å². The minimum atomic E-state index is -0.547. The lowest BCUT2D eigenvalue weighted by Crippen LogP contribution is -2.01. The SMILES string of the molecule is CCCCc1ccc(Nc2ccc([N+](=O)[O-])c(N)n2)cc1. The molecule has 1 aromatic carbocycles. The van der Waals surface area contributed by atoms with Gasteiger partial charge in [-0.05, 0) is 36.6 Å². The summed E-state index contributed by atoms with van der Waals surface area (Å²) < 4.78 is 0. The van der Waals surface area contributed by atoms with Gasteiger partial charge in [0.15, 0.2) is 0 Å². The van der Waals surface area contributed by atoms with Crippen LogP contribution in [0.25, 0.3) is 0 Å². The number of benzene rings is 1. The van der Waals surface area contributed by atoms with Crippen LogP contribution in [-0.4, -0.2) is 9.91 Å². The lowest BCUT2D eigenvalue weighted by atomic mass is 10.1. The van der Waals surface area contributed by atoms with Gasteiger partial charge in [-0.3, -0.25) is 10.1 Å². The van der Waals surface area contributed by atoms with Gasteiger partial charge in [0.1, 0.15) is 5.82 Å². The van der Waals surface area contributed by atoms with Crippen molar-refractivity contribution in [2.45, 2.75) is 26.2 Å². The molecule has 6 heteroatoms. The van der Waals surface area contributed by atoms with Crippen molar-refractivity contribution < 1.29 is 4.92 Å². The maximum atomic E-state index is 10.7. The highest BCUT2D eigenvalue weighted by Gasteiger charge is 2.12. The second-order valence-corrected chi connectivity index (χ2v) is 4.78. The summed E-state index contributed by atoms with van der Waals surface area (Å²) in [5.41, 5.74) is 7.54. The van der Waals surface area contributed by atoms with E-state index < -0.39 is 4.92 Å². The van der Waals surface area contributed by atoms with E-state index in [0.29, 0.717) is 5.82 Å². The molecule has 0 saturated heterocycles. The van der Waals surface area contributed by atoms with Gasteiger partial charge in [-0.25, -0.2) is 4.98 Å². The van der Waals surface area contributed by atoms with E-state index in [4.69, 9.17) is 5.73 Å². The molecule has 0 saturated carbocycles. The molecule has 110 valence electrons. The van der Waals surface area contributed by atoms with Crippen molar-refractivity contribution in [3.63, 3.8) is 0 Å². The summed E-state index contributed by atoms with van der Waals surface area (Å²) in [5, 5.41) is 13.8. The molecule has 0 fully saturated rings. The van der Waals surface area contributed by atoms with Gasteiger partial charge in [0.25, 0.3) is 0 Å². The summed E-state index contributed by atoms with van der Waals surface area (Å²) in [6, 6.07) is 10.9. The number of rotatable bonds is 6. The average Bonchev–Trinajstić information content (AvgIpc) is 2.46. The van der Waals surface area contributed by atoms with E-state index in [2.05, 4.69) is 29.4 Å². The molecule has 6 nitrogen and oxygen atoms in total. The molecule has 3 N–H and O–H groups in total. The number of unbranched alkanes of at least 4 members (excludes halogenated alkanes) is 1. The van der Waals surface area contributed by atoms with Crippen LogP contribution in [0.15, 0.2) is 36.4 Å². The molecule has 0 spiro atoms. The van der Waals surface area contributed by atoms with Crippen molar-refractivity contribution in [1.29, 1.82) is 0 Å². The summed E-state index contributed by atoms with van der Waals surface area (Å²) in [6.07, 6.45) is 3.42. The molecule has 0 bridgehead atoms. The van der Waals surface area contributed by atoms with Gasteiger partial charge in [0.05, 0.1) is 4.92 Å². The summed E-state index contributed by atoms with van der Waals surface area (Å²) in [6.45, 7) is 2.17. The highest BCUT2D eigenvalue weighted by Crippen LogP contribution is 2.23. The molecule has 0 aliphatic heterocycles. The fourth-order valence-electron chi connectivity index (χ4n) is 1.98. The van der Waals surface area contributed by atoms with E-state index >= 15 is 0 Å². The normalized spacial score (nSPS) is 10.3. The van der Waals surface area contributed by atoms with Crippen molar-refractivity contribution in [3.05, 3.63) is 52.1 Å². The Balaban J connectivity index is 2.07. The van der Waals surface area contributed by atoms with Gasteiger partial charge < -0.3 is 11.1 Å². The van der Waals surface area contributed by atoms with Crippen molar-refractivity contribution in [2.24, 2.45) is 0 Å². The van der Waals surface area contributed by atoms with Crippen LogP contribution in [-0.2, 0) is 6.42 Å². The molecule has 1 aromatic heterocycles. The Morgan fingerprint density at radius 1 is 1.24 bits per heavy atom. The quantitative estimate of drug-likeness (QED) is 0.624. The fourth-order valence-corrected chi connectivity index (χ4v) is 1.98. The Morgan fingerprint density at radius 3 is 2.52 bits per heavy atom. The van der Waals surface area contributed by atoms with Crippen LogP contribution < -0.4 is 11.1 Å². The minimum Gasteiger partial charge on any atom is -0.378 e. The lowest BCUT2D eigenvalue weighted by Gasteiger charge is -2.07. The summed E-state index contributed by atoms with van der Waals surface area (Å²) >= 11 is 0. The average molecular weight is 286 g/mol. The summed E-state index contributed by atoms with van der Waals surface area (Å²) in [5.74, 6) is 0.393. The number of aromatic nitrogens is 1. The van der Waals surface area contributed by atoms with E-state index in [0.717, 1.165) is 12.1 Å². The molecule has 0 aliphatic rings. The standard InChI is InChI=1S/C15H18N4O2/c1-2-3-4-11-5-7-12(8-6-11)17-14-10-9-13(19(20)21)15(16)18-14/h5-10H,2-4H2,1H3,(H3,16,17,18). The number of nitrogens with one attached hydrogen (secondary N) is 1. The highest BCUT2D eigenvalue weighted by atomic mass is 16.6. The number of pyridine rings is 1. The molecule has 0 unspecified atom stereocenters.